The summed E-state index contributed by atoms with van der Waals surface area (Å²) < 4.78 is 0. The second kappa shape index (κ2) is 13.4. The third kappa shape index (κ3) is 5.74. The van der Waals surface area contributed by atoms with E-state index in [1.54, 1.807) is 0 Å². The molecular weight excluding hydrogens is 598 g/mol. The summed E-state index contributed by atoms with van der Waals surface area (Å²) in [6.45, 7) is 0. The molecule has 0 spiro atoms. The van der Waals surface area contributed by atoms with Crippen LogP contribution in [0.15, 0.2) is 115 Å². The van der Waals surface area contributed by atoms with Crippen LogP contribution < -0.4 is 37.2 Å². The molecule has 4 aromatic rings. The first-order valence-corrected chi connectivity index (χ1v) is 11.5. The molecule has 4 aromatic carbocycles. The maximum absolute atomic E-state index is 12.1. The molecule has 0 bridgehead atoms. The van der Waals surface area contributed by atoms with E-state index in [1.807, 2.05) is 36.4 Å². The summed E-state index contributed by atoms with van der Waals surface area (Å²) in [6, 6.07) is 33.5. The van der Waals surface area contributed by atoms with E-state index in [0.29, 0.717) is 5.76 Å². The summed E-state index contributed by atoms with van der Waals surface area (Å²) in [6.07, 6.45) is 8.17. The molecule has 0 aromatic heterocycles. The third-order valence-electron chi connectivity index (χ3n) is 6.70. The van der Waals surface area contributed by atoms with Crippen molar-refractivity contribution in [2.45, 2.75) is 12.8 Å². The Balaban J connectivity index is 0.00000120. The Morgan fingerprint density at radius 1 is 0.622 bits per heavy atom. The molecule has 2 aliphatic rings. The Morgan fingerprint density at radius 2 is 1.19 bits per heavy atom. The van der Waals surface area contributed by atoms with Crippen molar-refractivity contribution in [3.05, 3.63) is 149 Å². The van der Waals surface area contributed by atoms with Gasteiger partial charge in [-0.1, -0.05) is 115 Å². The first kappa shape index (κ1) is 30.9. The second-order valence-electron chi connectivity index (χ2n) is 8.63. The van der Waals surface area contributed by atoms with Crippen LogP contribution in [-0.4, -0.2) is 5.11 Å². The van der Waals surface area contributed by atoms with Crippen LogP contribution in [0, 0.1) is 0 Å². The topological polar surface area (TPSA) is 20.2 Å². The molecule has 0 fully saturated rings. The molecule has 1 N–H and O–H groups in total. The summed E-state index contributed by atoms with van der Waals surface area (Å²) in [7, 11) is 0. The molecule has 183 valence electrons. The monoisotopic (exact) mass is 619 g/mol. The third-order valence-corrected chi connectivity index (χ3v) is 6.70. The average Bonchev–Trinajstić information content (AvgIpc) is 3.53. The van der Waals surface area contributed by atoms with E-state index in [9.17, 15) is 5.11 Å². The van der Waals surface area contributed by atoms with Gasteiger partial charge in [-0.2, -0.15) is 0 Å². The Bertz CT molecular complexity index is 1420. The minimum absolute atomic E-state index is 0. The molecule has 2 aliphatic carbocycles. The van der Waals surface area contributed by atoms with Gasteiger partial charge in [-0.15, -0.1) is 0 Å². The molecule has 0 aliphatic heterocycles. The van der Waals surface area contributed by atoms with Crippen molar-refractivity contribution in [2.75, 3.05) is 0 Å². The quantitative estimate of drug-likeness (QED) is 0.204. The predicted octanol–water partition coefficient (Wildman–Crippen LogP) is -0.915. The van der Waals surface area contributed by atoms with E-state index < -0.39 is 0 Å². The van der Waals surface area contributed by atoms with Crippen molar-refractivity contribution < 1.29 is 68.5 Å². The Hall–Kier alpha value is -2.35. The zero-order chi connectivity index (χ0) is 22.2. The van der Waals surface area contributed by atoms with Crippen molar-refractivity contribution in [1.82, 2.24) is 0 Å². The maximum Gasteiger partial charge on any atom is 3.00 e. The fraction of sp³-hybridized carbons (Fsp3) is 0.0625. The van der Waals surface area contributed by atoms with Crippen LogP contribution in [0.4, 0.5) is 0 Å². The molecule has 0 unspecified atom stereocenters. The van der Waals surface area contributed by atoms with Gasteiger partial charge in [0, 0.05) is 11.1 Å². The SMILES string of the molecule is OC(=C(c1ccccc1)c1ccccc1)c1c(C2=CC=CC2)ccc2c1Cc1ccccc1-2.[Cl-].[Cl-].[Cl-].[Zr+3]. The van der Waals surface area contributed by atoms with Crippen molar-refractivity contribution in [2.24, 2.45) is 0 Å². The number of fused-ring (bicyclic) bond motifs is 3. The van der Waals surface area contributed by atoms with Gasteiger partial charge >= 0.3 is 26.2 Å². The summed E-state index contributed by atoms with van der Waals surface area (Å²) in [4.78, 5) is 0. The van der Waals surface area contributed by atoms with Crippen LogP contribution in [0.5, 0.6) is 0 Å². The van der Waals surface area contributed by atoms with Crippen LogP contribution in [-0.2, 0) is 32.6 Å². The van der Waals surface area contributed by atoms with E-state index in [0.717, 1.165) is 40.7 Å². The summed E-state index contributed by atoms with van der Waals surface area (Å²) >= 11 is 0. The number of hydrogen-bond donors (Lipinski definition) is 1. The van der Waals surface area contributed by atoms with Gasteiger partial charge in [0.2, 0.25) is 0 Å². The van der Waals surface area contributed by atoms with E-state index in [2.05, 4.69) is 78.9 Å². The second-order valence-corrected chi connectivity index (χ2v) is 8.63. The fourth-order valence-corrected chi connectivity index (χ4v) is 5.17. The molecule has 0 saturated heterocycles. The number of allylic oxidation sites excluding steroid dienone is 4. The van der Waals surface area contributed by atoms with Crippen LogP contribution in [0.25, 0.3) is 28.0 Å². The summed E-state index contributed by atoms with van der Waals surface area (Å²) in [5.74, 6) is 0.347. The first-order chi connectivity index (χ1) is 16.3. The minimum Gasteiger partial charge on any atom is -1.00 e. The number of benzene rings is 4. The Morgan fingerprint density at radius 3 is 1.78 bits per heavy atom. The van der Waals surface area contributed by atoms with Gasteiger partial charge in [-0.3, -0.25) is 0 Å². The fourth-order valence-electron chi connectivity index (χ4n) is 5.17. The molecule has 0 saturated carbocycles. The Labute approximate surface area is 256 Å². The van der Waals surface area contributed by atoms with Crippen LogP contribution in [0.2, 0.25) is 0 Å². The molecule has 6 rings (SSSR count). The van der Waals surface area contributed by atoms with Crippen molar-refractivity contribution >= 4 is 16.9 Å². The zero-order valence-corrected chi connectivity index (χ0v) is 24.7. The van der Waals surface area contributed by atoms with Crippen molar-refractivity contribution in [3.8, 4) is 11.1 Å². The number of rotatable bonds is 4. The molecule has 5 heteroatoms. The van der Waals surface area contributed by atoms with Crippen molar-refractivity contribution in [1.29, 1.82) is 0 Å². The largest absolute Gasteiger partial charge is 3.00 e. The number of aliphatic hydroxyl groups excluding tert-OH is 1. The standard InChI is InChI=1S/C32H24O.3ClH.Zr/c33-32(30(23-13-3-1-4-14-23)24-15-5-2-6-16-24)31-27(22-11-7-8-12-22)19-20-28-26-18-10-9-17-25(26)21-29(28)31;;;;/h1-11,13-20,33H,12,21H2;3*1H;/q;;;;+3/p-3. The summed E-state index contributed by atoms with van der Waals surface area (Å²) in [5, 5.41) is 12.1. The molecule has 0 heterocycles. The van der Waals surface area contributed by atoms with Gasteiger partial charge in [-0.25, -0.2) is 0 Å². The molecular formula is C32H24Cl3OZr. The van der Waals surface area contributed by atoms with Gasteiger partial charge in [-0.05, 0) is 57.4 Å². The van der Waals surface area contributed by atoms with E-state index in [1.165, 1.54) is 27.8 Å². The van der Waals surface area contributed by atoms with Gasteiger partial charge in [0.25, 0.3) is 0 Å². The molecule has 0 atom stereocenters. The minimum atomic E-state index is 0. The van der Waals surface area contributed by atoms with Crippen LogP contribution in [0.3, 0.4) is 0 Å². The van der Waals surface area contributed by atoms with Gasteiger partial charge in [0.1, 0.15) is 5.76 Å². The average molecular weight is 622 g/mol. The number of aliphatic hydroxyl groups is 1. The smallest absolute Gasteiger partial charge is 1.00 e. The van der Waals surface area contributed by atoms with E-state index >= 15 is 0 Å². The van der Waals surface area contributed by atoms with Crippen LogP contribution >= 0.6 is 0 Å². The zero-order valence-electron chi connectivity index (χ0n) is 20.0. The summed E-state index contributed by atoms with van der Waals surface area (Å²) in [5.41, 5.74) is 11.2. The van der Waals surface area contributed by atoms with Crippen molar-refractivity contribution in [3.63, 3.8) is 0 Å². The molecule has 0 amide bonds. The molecule has 1 nitrogen and oxygen atoms in total. The van der Waals surface area contributed by atoms with Gasteiger partial charge < -0.3 is 42.3 Å². The first-order valence-electron chi connectivity index (χ1n) is 11.5. The van der Waals surface area contributed by atoms with Gasteiger partial charge in [0.15, 0.2) is 0 Å². The Kier molecular flexibility index (Phi) is 11.2. The van der Waals surface area contributed by atoms with E-state index in [4.69, 9.17) is 0 Å². The predicted molar refractivity (Wildman–Crippen MR) is 138 cm³/mol. The van der Waals surface area contributed by atoms with Crippen LogP contribution in [0.1, 0.15) is 39.8 Å². The normalized spacial score (nSPS) is 11.9. The number of halogens is 3. The number of hydrogen-bond acceptors (Lipinski definition) is 1. The van der Waals surface area contributed by atoms with E-state index in [-0.39, 0.29) is 63.4 Å². The molecule has 1 radical (unpaired) electrons. The maximum atomic E-state index is 12.1. The van der Waals surface area contributed by atoms with Gasteiger partial charge in [0.05, 0.1) is 0 Å². The molecule has 37 heavy (non-hydrogen) atoms.